The van der Waals surface area contributed by atoms with E-state index in [0.29, 0.717) is 0 Å². The van der Waals surface area contributed by atoms with Crippen molar-refractivity contribution >= 4 is 5.97 Å². The molecule has 0 aliphatic heterocycles. The van der Waals surface area contributed by atoms with Crippen molar-refractivity contribution in [1.82, 2.24) is 0 Å². The van der Waals surface area contributed by atoms with Crippen molar-refractivity contribution in [2.24, 2.45) is 0 Å². The van der Waals surface area contributed by atoms with Crippen LogP contribution in [0.2, 0.25) is 0 Å². The highest BCUT2D eigenvalue weighted by molar-refractivity contribution is 5.67. The van der Waals surface area contributed by atoms with Gasteiger partial charge in [0, 0.05) is 0 Å². The maximum atomic E-state index is 11.6. The highest BCUT2D eigenvalue weighted by Gasteiger charge is 2.08. The van der Waals surface area contributed by atoms with Crippen molar-refractivity contribution in [2.75, 3.05) is 0 Å². The van der Waals surface area contributed by atoms with Gasteiger partial charge in [0.25, 0.3) is 0 Å². The van der Waals surface area contributed by atoms with Crippen molar-refractivity contribution in [3.05, 3.63) is 0 Å². The maximum Gasteiger partial charge on any atom is 0.307 e. The second kappa shape index (κ2) is 2.97. The largest absolute Gasteiger partial charge is 0.481 e. The van der Waals surface area contributed by atoms with Crippen LogP contribution >= 0.6 is 0 Å². The number of carboxylic acid groups (broad SMARTS) is 1. The Balaban J connectivity index is 3.43. The van der Waals surface area contributed by atoms with Gasteiger partial charge in [0.1, 0.15) is 6.07 Å². The molecule has 0 amide bonds. The van der Waals surface area contributed by atoms with E-state index >= 15 is 0 Å². The van der Waals surface area contributed by atoms with Gasteiger partial charge in [0.15, 0.2) is 6.17 Å². The van der Waals surface area contributed by atoms with Gasteiger partial charge in [0.2, 0.25) is 0 Å². The molecule has 0 spiro atoms. The van der Waals surface area contributed by atoms with Gasteiger partial charge < -0.3 is 5.11 Å². The van der Waals surface area contributed by atoms with E-state index in [2.05, 4.69) is 0 Å². The summed E-state index contributed by atoms with van der Waals surface area (Å²) in [4.78, 5) is 9.58. The average molecular weight is 117 g/mol. The summed E-state index contributed by atoms with van der Waals surface area (Å²) < 4.78 is 11.6. The van der Waals surface area contributed by atoms with Crippen molar-refractivity contribution in [2.45, 2.75) is 12.6 Å². The van der Waals surface area contributed by atoms with Crippen molar-refractivity contribution in [3.8, 4) is 6.07 Å². The van der Waals surface area contributed by atoms with Crippen molar-refractivity contribution in [3.63, 3.8) is 0 Å². The summed E-state index contributed by atoms with van der Waals surface area (Å²) in [5.41, 5.74) is 0. The maximum absolute atomic E-state index is 11.6. The second-order valence-corrected chi connectivity index (χ2v) is 1.19. The van der Waals surface area contributed by atoms with Gasteiger partial charge in [-0.1, -0.05) is 0 Å². The third kappa shape index (κ3) is 3.09. The predicted molar refractivity (Wildman–Crippen MR) is 22.8 cm³/mol. The zero-order chi connectivity index (χ0) is 6.57. The zero-order valence-corrected chi connectivity index (χ0v) is 3.97. The summed E-state index contributed by atoms with van der Waals surface area (Å²) in [5.74, 6) is -1.29. The molecule has 0 heterocycles. The molecule has 0 bridgehead atoms. The van der Waals surface area contributed by atoms with E-state index in [0.717, 1.165) is 6.07 Å². The minimum absolute atomic E-state index is 0.726. The second-order valence-electron chi connectivity index (χ2n) is 1.19. The minimum atomic E-state index is -1.87. The first-order valence-corrected chi connectivity index (χ1v) is 1.92. The predicted octanol–water partition coefficient (Wildman–Crippen LogP) is 0.323. The molecule has 0 aromatic heterocycles. The van der Waals surface area contributed by atoms with E-state index in [-0.39, 0.29) is 0 Å². The van der Waals surface area contributed by atoms with Gasteiger partial charge in [-0.25, -0.2) is 4.39 Å². The molecule has 44 valence electrons. The van der Waals surface area contributed by atoms with Crippen LogP contribution in [0.1, 0.15) is 6.42 Å². The molecule has 0 aromatic carbocycles. The first-order chi connectivity index (χ1) is 3.66. The Hall–Kier alpha value is -1.11. The molecule has 8 heavy (non-hydrogen) atoms. The number of carbonyl (C=O) groups is 1. The molecule has 1 N–H and O–H groups in total. The topological polar surface area (TPSA) is 61.1 Å². The van der Waals surface area contributed by atoms with E-state index in [4.69, 9.17) is 10.4 Å². The number of carboxylic acids is 1. The van der Waals surface area contributed by atoms with Gasteiger partial charge in [-0.15, -0.1) is 0 Å². The van der Waals surface area contributed by atoms with Crippen molar-refractivity contribution in [1.29, 1.82) is 5.26 Å². The molecule has 3 nitrogen and oxygen atoms in total. The van der Waals surface area contributed by atoms with E-state index in [9.17, 15) is 9.18 Å². The van der Waals surface area contributed by atoms with Crippen LogP contribution in [-0.2, 0) is 4.79 Å². The molecular weight excluding hydrogens is 113 g/mol. The molecule has 0 rings (SSSR count). The molecule has 1 atom stereocenters. The SMILES string of the molecule is N#CC(F)CC(=O)O. The fraction of sp³-hybridized carbons (Fsp3) is 0.500. The molecular formula is C4H4FNO2. The van der Waals surface area contributed by atoms with Crippen molar-refractivity contribution < 1.29 is 14.3 Å². The summed E-state index contributed by atoms with van der Waals surface area (Å²) in [7, 11) is 0. The number of alkyl halides is 1. The average Bonchev–Trinajstić information content (AvgIpc) is 1.65. The van der Waals surface area contributed by atoms with Crippen LogP contribution in [0, 0.1) is 11.3 Å². The number of hydrogen-bond acceptors (Lipinski definition) is 2. The van der Waals surface area contributed by atoms with Crippen LogP contribution in [0.5, 0.6) is 0 Å². The Bertz CT molecular complexity index is 128. The lowest BCUT2D eigenvalue weighted by Crippen LogP contribution is -2.04. The number of hydrogen-bond donors (Lipinski definition) is 1. The van der Waals surface area contributed by atoms with Crippen LogP contribution in [0.15, 0.2) is 0 Å². The van der Waals surface area contributed by atoms with Gasteiger partial charge >= 0.3 is 5.97 Å². The Morgan fingerprint density at radius 1 is 2.00 bits per heavy atom. The van der Waals surface area contributed by atoms with E-state index in [1.54, 1.807) is 0 Å². The van der Waals surface area contributed by atoms with E-state index < -0.39 is 18.6 Å². The fourth-order valence-corrected chi connectivity index (χ4v) is 0.199. The molecule has 0 aromatic rings. The first-order valence-electron chi connectivity index (χ1n) is 1.92. The summed E-state index contributed by atoms with van der Waals surface area (Å²) in [6.45, 7) is 0. The number of aliphatic carboxylic acids is 1. The van der Waals surface area contributed by atoms with Gasteiger partial charge in [-0.2, -0.15) is 5.26 Å². The minimum Gasteiger partial charge on any atom is -0.481 e. The molecule has 1 unspecified atom stereocenters. The normalized spacial score (nSPS) is 12.0. The lowest BCUT2D eigenvalue weighted by molar-refractivity contribution is -0.137. The van der Waals surface area contributed by atoms with Crippen LogP contribution < -0.4 is 0 Å². The lowest BCUT2D eigenvalue weighted by Gasteiger charge is -1.88. The third-order valence-corrected chi connectivity index (χ3v) is 0.494. The summed E-state index contributed by atoms with van der Waals surface area (Å²) >= 11 is 0. The molecule has 4 heteroatoms. The van der Waals surface area contributed by atoms with Crippen LogP contribution in [0.3, 0.4) is 0 Å². The van der Waals surface area contributed by atoms with Gasteiger partial charge in [-0.3, -0.25) is 4.79 Å². The molecule has 0 aliphatic rings. The van der Waals surface area contributed by atoms with Crippen LogP contribution in [0.4, 0.5) is 4.39 Å². The summed E-state index contributed by atoms with van der Waals surface area (Å²) in [5, 5.41) is 15.5. The number of nitriles is 1. The molecule has 0 radical (unpaired) electrons. The third-order valence-electron chi connectivity index (χ3n) is 0.494. The van der Waals surface area contributed by atoms with Crippen LogP contribution in [0.25, 0.3) is 0 Å². The Kier molecular flexibility index (Phi) is 2.56. The smallest absolute Gasteiger partial charge is 0.307 e. The zero-order valence-electron chi connectivity index (χ0n) is 3.97. The fourth-order valence-electron chi connectivity index (χ4n) is 0.199. The van der Waals surface area contributed by atoms with Gasteiger partial charge in [-0.05, 0) is 0 Å². The lowest BCUT2D eigenvalue weighted by atomic mass is 10.3. The molecule has 0 aliphatic carbocycles. The van der Waals surface area contributed by atoms with E-state index in [1.165, 1.54) is 0 Å². The van der Waals surface area contributed by atoms with Crippen LogP contribution in [-0.4, -0.2) is 17.2 Å². The Morgan fingerprint density at radius 3 is 2.62 bits per heavy atom. The monoisotopic (exact) mass is 117 g/mol. The highest BCUT2D eigenvalue weighted by Crippen LogP contribution is 1.93. The standard InChI is InChI=1S/C4H4FNO2/c5-3(2-6)1-4(7)8/h3H,1H2,(H,7,8). The Labute approximate surface area is 45.3 Å². The van der Waals surface area contributed by atoms with E-state index in [1.807, 2.05) is 0 Å². The number of rotatable bonds is 2. The molecule has 0 saturated heterocycles. The number of nitrogens with zero attached hydrogens (tertiary/aromatic N) is 1. The number of halogens is 1. The molecule has 0 saturated carbocycles. The summed E-state index contributed by atoms with van der Waals surface area (Å²) in [6.07, 6.45) is -2.59. The summed E-state index contributed by atoms with van der Waals surface area (Å²) in [6, 6.07) is 1.15. The molecule has 0 fully saturated rings. The van der Waals surface area contributed by atoms with Gasteiger partial charge in [0.05, 0.1) is 6.42 Å². The first kappa shape index (κ1) is 6.89. The quantitative estimate of drug-likeness (QED) is 0.566. The Morgan fingerprint density at radius 2 is 2.50 bits per heavy atom. The highest BCUT2D eigenvalue weighted by atomic mass is 19.1.